The number of benzene rings is 3. The van der Waals surface area contributed by atoms with Crippen molar-refractivity contribution in [3.8, 4) is 11.1 Å². The highest BCUT2D eigenvalue weighted by Crippen LogP contribution is 2.54. The second-order valence-electron chi connectivity index (χ2n) is 10.4. The number of carbonyl (C=O) groups is 2. The first-order valence-corrected chi connectivity index (χ1v) is 14.0. The summed E-state index contributed by atoms with van der Waals surface area (Å²) in [6.07, 6.45) is 1.97. The molecule has 202 valence electrons. The van der Waals surface area contributed by atoms with E-state index >= 15 is 0 Å². The molecule has 2 saturated heterocycles. The van der Waals surface area contributed by atoms with Crippen LogP contribution in [0, 0.1) is 11.6 Å². The maximum atomic E-state index is 13.7. The fraction of sp³-hybridized carbons (Fsp3) is 0.333. The molecule has 2 heterocycles. The van der Waals surface area contributed by atoms with Gasteiger partial charge < -0.3 is 15.0 Å². The number of halogens is 3. The lowest BCUT2D eigenvalue weighted by Crippen LogP contribution is -2.44. The lowest BCUT2D eigenvalue weighted by Gasteiger charge is -2.41. The summed E-state index contributed by atoms with van der Waals surface area (Å²) in [5.41, 5.74) is 5.80. The summed E-state index contributed by atoms with van der Waals surface area (Å²) < 4.78 is 33.2. The third kappa shape index (κ3) is 4.61. The summed E-state index contributed by atoms with van der Waals surface area (Å²) in [6.45, 7) is 3.00. The molecule has 0 radical (unpaired) electrons. The van der Waals surface area contributed by atoms with E-state index in [2.05, 4.69) is 68.6 Å². The Morgan fingerprint density at radius 3 is 2.56 bits per heavy atom. The third-order valence-electron chi connectivity index (χ3n) is 8.29. The number of cyclic esters (lactones) is 1. The largest absolute Gasteiger partial charge is 0.446 e. The molecule has 1 atom stereocenters. The average molecular weight is 596 g/mol. The quantitative estimate of drug-likeness (QED) is 0.348. The van der Waals surface area contributed by atoms with Gasteiger partial charge in [0.2, 0.25) is 0 Å². The number of nitrogens with one attached hydrogen (secondary N) is 1. The van der Waals surface area contributed by atoms with Gasteiger partial charge in [-0.25, -0.2) is 23.3 Å². The van der Waals surface area contributed by atoms with Gasteiger partial charge in [-0.05, 0) is 91.0 Å². The van der Waals surface area contributed by atoms with Crippen molar-refractivity contribution in [2.45, 2.75) is 30.7 Å². The molecule has 6 rings (SSSR count). The molecule has 3 aliphatic rings. The van der Waals surface area contributed by atoms with Gasteiger partial charge in [-0.3, -0.25) is 0 Å². The average Bonchev–Trinajstić information content (AvgIpc) is 3.45. The molecule has 6 nitrogen and oxygen atoms in total. The first-order valence-electron chi connectivity index (χ1n) is 13.2. The predicted molar refractivity (Wildman–Crippen MR) is 146 cm³/mol. The Kier molecular flexibility index (Phi) is 6.89. The highest BCUT2D eigenvalue weighted by atomic mass is 79.9. The highest BCUT2D eigenvalue weighted by Gasteiger charge is 2.45. The Bertz CT molecular complexity index is 1440. The van der Waals surface area contributed by atoms with Crippen LogP contribution in [0.4, 0.5) is 18.4 Å². The Morgan fingerprint density at radius 2 is 1.77 bits per heavy atom. The predicted octanol–water partition coefficient (Wildman–Crippen LogP) is 6.38. The molecule has 1 aliphatic carbocycles. The van der Waals surface area contributed by atoms with Gasteiger partial charge in [-0.2, -0.15) is 0 Å². The van der Waals surface area contributed by atoms with Crippen LogP contribution in [0.15, 0.2) is 65.1 Å². The van der Waals surface area contributed by atoms with E-state index in [1.807, 2.05) is 0 Å². The van der Waals surface area contributed by atoms with E-state index in [1.165, 1.54) is 28.3 Å². The van der Waals surface area contributed by atoms with E-state index < -0.39 is 29.8 Å². The minimum atomic E-state index is -1.03. The van der Waals surface area contributed by atoms with E-state index in [1.54, 1.807) is 0 Å². The van der Waals surface area contributed by atoms with Crippen molar-refractivity contribution in [2.24, 2.45) is 0 Å². The van der Waals surface area contributed by atoms with Gasteiger partial charge in [0.05, 0.1) is 0 Å². The molecule has 3 aromatic carbocycles. The normalized spacial score (nSPS) is 19.6. The maximum absolute atomic E-state index is 13.7. The number of carbonyl (C=O) groups excluding carboxylic acids is 2. The number of hydrogen-bond donors (Lipinski definition) is 1. The van der Waals surface area contributed by atoms with E-state index in [4.69, 9.17) is 4.74 Å². The van der Waals surface area contributed by atoms with Crippen LogP contribution in [0.1, 0.15) is 42.0 Å². The molecule has 9 heteroatoms. The zero-order chi connectivity index (χ0) is 27.1. The van der Waals surface area contributed by atoms with Crippen LogP contribution in [0.5, 0.6) is 0 Å². The summed E-state index contributed by atoms with van der Waals surface area (Å²) in [5.74, 6) is -2.02. The molecule has 1 N–H and O–H groups in total. The van der Waals surface area contributed by atoms with Gasteiger partial charge in [-0.1, -0.05) is 52.3 Å². The van der Waals surface area contributed by atoms with Gasteiger partial charge in [0, 0.05) is 16.4 Å². The molecule has 3 amide bonds. The fourth-order valence-electron chi connectivity index (χ4n) is 6.32. The van der Waals surface area contributed by atoms with E-state index in [0.29, 0.717) is 12.1 Å². The summed E-state index contributed by atoms with van der Waals surface area (Å²) in [7, 11) is 0. The molecule has 2 fully saturated rings. The van der Waals surface area contributed by atoms with Crippen molar-refractivity contribution in [1.82, 2.24) is 15.1 Å². The van der Waals surface area contributed by atoms with Crippen molar-refractivity contribution in [1.29, 1.82) is 0 Å². The van der Waals surface area contributed by atoms with Gasteiger partial charge in [0.15, 0.2) is 11.6 Å². The fourth-order valence-corrected chi connectivity index (χ4v) is 6.68. The first-order chi connectivity index (χ1) is 18.9. The number of piperidine rings is 1. The maximum Gasteiger partial charge on any atom is 0.418 e. The van der Waals surface area contributed by atoms with Crippen LogP contribution < -0.4 is 5.32 Å². The topological polar surface area (TPSA) is 61.9 Å². The van der Waals surface area contributed by atoms with Crippen LogP contribution in [0.2, 0.25) is 0 Å². The van der Waals surface area contributed by atoms with Crippen molar-refractivity contribution >= 4 is 28.1 Å². The van der Waals surface area contributed by atoms with Gasteiger partial charge in [0.25, 0.3) is 0 Å². The third-order valence-corrected chi connectivity index (χ3v) is 8.78. The molecule has 1 unspecified atom stereocenters. The van der Waals surface area contributed by atoms with E-state index in [9.17, 15) is 18.4 Å². The number of nitrogens with zero attached hydrogens (tertiary/aromatic N) is 2. The number of hydrogen-bond acceptors (Lipinski definition) is 4. The zero-order valence-corrected chi connectivity index (χ0v) is 22.8. The SMILES string of the molecule is O=C(NCCCN1CCC2(CC1)c1ccccc1-c1ccc(Br)cc12)N1C(=O)OCC1c1ccc(F)c(F)c1. The number of rotatable bonds is 5. The van der Waals surface area contributed by atoms with Crippen molar-refractivity contribution in [3.05, 3.63) is 93.5 Å². The summed E-state index contributed by atoms with van der Waals surface area (Å²) in [6, 6.07) is 17.3. The van der Waals surface area contributed by atoms with Crippen molar-refractivity contribution in [2.75, 3.05) is 32.8 Å². The van der Waals surface area contributed by atoms with Gasteiger partial charge in [-0.15, -0.1) is 0 Å². The molecule has 3 aromatic rings. The van der Waals surface area contributed by atoms with Gasteiger partial charge >= 0.3 is 12.1 Å². The summed E-state index contributed by atoms with van der Waals surface area (Å²) >= 11 is 3.67. The number of urea groups is 1. The monoisotopic (exact) mass is 595 g/mol. The molecule has 1 spiro atoms. The molecule has 2 aliphatic heterocycles. The van der Waals surface area contributed by atoms with Crippen LogP contribution in [0.3, 0.4) is 0 Å². The standard InChI is InChI=1S/C30H28BrF2N3O3/c31-20-7-8-22-21-4-1-2-5-23(21)30(24(22)17-20)10-14-35(15-11-30)13-3-12-34-28(37)36-27(18-39-29(36)38)19-6-9-25(32)26(33)16-19/h1-2,4-9,16-17,27H,3,10-15,18H2,(H,34,37). The van der Waals surface area contributed by atoms with Crippen molar-refractivity contribution in [3.63, 3.8) is 0 Å². The summed E-state index contributed by atoms with van der Waals surface area (Å²) in [4.78, 5) is 28.4. The molecular weight excluding hydrogens is 568 g/mol. The second kappa shape index (κ2) is 10.4. The van der Waals surface area contributed by atoms with Gasteiger partial charge in [0.1, 0.15) is 12.6 Å². The van der Waals surface area contributed by atoms with Crippen LogP contribution in [-0.2, 0) is 10.2 Å². The van der Waals surface area contributed by atoms with E-state index in [0.717, 1.165) is 60.4 Å². The minimum Gasteiger partial charge on any atom is -0.446 e. The Morgan fingerprint density at radius 1 is 1.00 bits per heavy atom. The number of fused-ring (bicyclic) bond motifs is 5. The lowest BCUT2D eigenvalue weighted by molar-refractivity contribution is 0.157. The smallest absolute Gasteiger partial charge is 0.418 e. The Hall–Kier alpha value is -3.30. The molecule has 0 bridgehead atoms. The summed E-state index contributed by atoms with van der Waals surface area (Å²) in [5, 5.41) is 2.79. The van der Waals surface area contributed by atoms with Crippen LogP contribution in [0.25, 0.3) is 11.1 Å². The number of imide groups is 1. The zero-order valence-electron chi connectivity index (χ0n) is 21.3. The number of ether oxygens (including phenoxy) is 1. The second-order valence-corrected chi connectivity index (χ2v) is 11.3. The van der Waals surface area contributed by atoms with Crippen LogP contribution in [-0.4, -0.2) is 54.7 Å². The van der Waals surface area contributed by atoms with Crippen molar-refractivity contribution < 1.29 is 23.1 Å². The number of likely N-dealkylation sites (tertiary alicyclic amines) is 1. The molecule has 0 saturated carbocycles. The molecule has 39 heavy (non-hydrogen) atoms. The van der Waals surface area contributed by atoms with E-state index in [-0.39, 0.29) is 12.0 Å². The van der Waals surface area contributed by atoms with Crippen LogP contribution >= 0.6 is 15.9 Å². The highest BCUT2D eigenvalue weighted by molar-refractivity contribution is 9.10. The lowest BCUT2D eigenvalue weighted by atomic mass is 9.71. The molecular formula is C30H28BrF2N3O3. The molecule has 0 aromatic heterocycles. The number of amides is 3. The Labute approximate surface area is 234 Å². The first kappa shape index (κ1) is 26.0. The Balaban J connectivity index is 1.04. The minimum absolute atomic E-state index is 0.0192.